The van der Waals surface area contributed by atoms with Crippen molar-refractivity contribution in [1.82, 2.24) is 9.55 Å². The molecule has 0 spiro atoms. The van der Waals surface area contributed by atoms with Crippen molar-refractivity contribution in [3.63, 3.8) is 0 Å². The Kier molecular flexibility index (Phi) is 6.40. The van der Waals surface area contributed by atoms with Gasteiger partial charge in [-0.05, 0) is 63.6 Å². The molecule has 0 atom stereocenters. The molecule has 3 aromatic rings. The average Bonchev–Trinajstić information content (AvgIpc) is 3.15. The molecule has 0 amide bonds. The van der Waals surface area contributed by atoms with Gasteiger partial charge < -0.3 is 14.0 Å². The number of nitrogens with zero attached hydrogens (tertiary/aromatic N) is 2. The number of carbonyl (C=O) groups excluding carboxylic acids is 1. The Morgan fingerprint density at radius 1 is 1.03 bits per heavy atom. The molecule has 0 saturated carbocycles. The van der Waals surface area contributed by atoms with Crippen molar-refractivity contribution in [1.29, 1.82) is 0 Å². The third kappa shape index (κ3) is 5.17. The fourth-order valence-electron chi connectivity index (χ4n) is 3.14. The van der Waals surface area contributed by atoms with E-state index in [1.807, 2.05) is 75.6 Å². The predicted molar refractivity (Wildman–Crippen MR) is 120 cm³/mol. The third-order valence-corrected chi connectivity index (χ3v) is 4.54. The number of ether oxygens (including phenoxy) is 2. The van der Waals surface area contributed by atoms with Crippen LogP contribution in [0.5, 0.6) is 5.75 Å². The van der Waals surface area contributed by atoms with Gasteiger partial charge in [0.25, 0.3) is 0 Å². The zero-order valence-electron chi connectivity index (χ0n) is 18.2. The molecular weight excluding hydrogens is 376 g/mol. The lowest BCUT2D eigenvalue weighted by atomic mass is 10.0. The maximum Gasteiger partial charge on any atom is 0.331 e. The molecule has 0 aliphatic heterocycles. The zero-order valence-corrected chi connectivity index (χ0v) is 18.2. The molecule has 5 heteroatoms. The topological polar surface area (TPSA) is 53.4 Å². The highest BCUT2D eigenvalue weighted by Crippen LogP contribution is 2.32. The number of aromatic nitrogens is 2. The van der Waals surface area contributed by atoms with E-state index in [1.54, 1.807) is 13.2 Å². The van der Waals surface area contributed by atoms with Crippen molar-refractivity contribution in [2.45, 2.75) is 39.8 Å². The Bertz CT molecular complexity index is 1020. The van der Waals surface area contributed by atoms with Crippen molar-refractivity contribution >= 4 is 12.0 Å². The van der Waals surface area contributed by atoms with Gasteiger partial charge in [-0.25, -0.2) is 9.78 Å². The van der Waals surface area contributed by atoms with Gasteiger partial charge in [-0.15, -0.1) is 0 Å². The normalized spacial score (nSPS) is 11.6. The van der Waals surface area contributed by atoms with Gasteiger partial charge in [-0.3, -0.25) is 0 Å². The van der Waals surface area contributed by atoms with Gasteiger partial charge in [-0.1, -0.05) is 24.3 Å². The minimum Gasteiger partial charge on any atom is -0.497 e. The highest BCUT2D eigenvalue weighted by molar-refractivity contribution is 5.87. The Hall–Kier alpha value is -3.34. The molecule has 5 nitrogen and oxygen atoms in total. The smallest absolute Gasteiger partial charge is 0.331 e. The summed E-state index contributed by atoms with van der Waals surface area (Å²) in [6.07, 6.45) is 5.09. The largest absolute Gasteiger partial charge is 0.497 e. The fourth-order valence-corrected chi connectivity index (χ4v) is 3.14. The van der Waals surface area contributed by atoms with E-state index >= 15 is 0 Å². The Morgan fingerprint density at radius 2 is 1.67 bits per heavy atom. The SMILES string of the molecule is CCn1cnc(-c2ccc(OC)cc2)c1-c1ccc(C=CC(=O)OC(C)(C)C)cc1. The molecule has 0 N–H and O–H groups in total. The van der Waals surface area contributed by atoms with Crippen molar-refractivity contribution in [2.24, 2.45) is 0 Å². The zero-order chi connectivity index (χ0) is 21.7. The van der Waals surface area contributed by atoms with Gasteiger partial charge in [0.15, 0.2) is 0 Å². The average molecular weight is 405 g/mol. The van der Waals surface area contributed by atoms with E-state index in [1.165, 1.54) is 6.08 Å². The van der Waals surface area contributed by atoms with Crippen molar-refractivity contribution in [3.8, 4) is 28.3 Å². The summed E-state index contributed by atoms with van der Waals surface area (Å²) in [4.78, 5) is 16.5. The summed E-state index contributed by atoms with van der Waals surface area (Å²) in [5, 5.41) is 0. The fraction of sp³-hybridized carbons (Fsp3) is 0.280. The van der Waals surface area contributed by atoms with Crippen LogP contribution in [0.3, 0.4) is 0 Å². The number of rotatable bonds is 6. The minimum absolute atomic E-state index is 0.350. The van der Waals surface area contributed by atoms with Crippen LogP contribution in [0.25, 0.3) is 28.6 Å². The molecule has 3 rings (SSSR count). The number of benzene rings is 2. The van der Waals surface area contributed by atoms with E-state index in [0.29, 0.717) is 0 Å². The Morgan fingerprint density at radius 3 is 2.23 bits per heavy atom. The molecule has 156 valence electrons. The highest BCUT2D eigenvalue weighted by atomic mass is 16.6. The van der Waals surface area contributed by atoms with Crippen molar-refractivity contribution in [2.75, 3.05) is 7.11 Å². The summed E-state index contributed by atoms with van der Waals surface area (Å²) in [7, 11) is 1.66. The van der Waals surface area contributed by atoms with Gasteiger partial charge in [0, 0.05) is 23.7 Å². The number of esters is 1. The minimum atomic E-state index is -0.498. The summed E-state index contributed by atoms with van der Waals surface area (Å²) in [5.41, 5.74) is 4.52. The maximum atomic E-state index is 11.9. The van der Waals surface area contributed by atoms with Crippen LogP contribution in [-0.2, 0) is 16.1 Å². The first-order chi connectivity index (χ1) is 14.3. The monoisotopic (exact) mass is 404 g/mol. The van der Waals surface area contributed by atoms with Crippen LogP contribution < -0.4 is 4.74 Å². The third-order valence-electron chi connectivity index (χ3n) is 4.54. The molecular formula is C25H28N2O3. The summed E-state index contributed by atoms with van der Waals surface area (Å²) < 4.78 is 12.7. The van der Waals surface area contributed by atoms with E-state index in [9.17, 15) is 4.79 Å². The standard InChI is InChI=1S/C25H28N2O3/c1-6-27-17-26-23(19-12-14-21(29-5)15-13-19)24(27)20-10-7-18(8-11-20)9-16-22(28)30-25(2,3)4/h7-17H,6H2,1-5H3. The number of hydrogen-bond acceptors (Lipinski definition) is 4. The maximum absolute atomic E-state index is 11.9. The molecule has 0 aliphatic rings. The molecule has 1 heterocycles. The molecule has 0 unspecified atom stereocenters. The number of hydrogen-bond donors (Lipinski definition) is 0. The van der Waals surface area contributed by atoms with E-state index in [2.05, 4.69) is 16.5 Å². The first-order valence-electron chi connectivity index (χ1n) is 10.0. The molecule has 0 saturated heterocycles. The predicted octanol–water partition coefficient (Wildman–Crippen LogP) is 5.60. The molecule has 0 radical (unpaired) electrons. The molecule has 30 heavy (non-hydrogen) atoms. The molecule has 2 aromatic carbocycles. The van der Waals surface area contributed by atoms with Crippen LogP contribution in [0.2, 0.25) is 0 Å². The van der Waals surface area contributed by atoms with Gasteiger partial charge in [0.1, 0.15) is 11.4 Å². The van der Waals surface area contributed by atoms with Crippen LogP contribution in [-0.4, -0.2) is 28.2 Å². The van der Waals surface area contributed by atoms with E-state index in [0.717, 1.165) is 40.4 Å². The van der Waals surface area contributed by atoms with Crippen LogP contribution >= 0.6 is 0 Å². The quantitative estimate of drug-likeness (QED) is 0.396. The molecule has 1 aromatic heterocycles. The Balaban J connectivity index is 1.87. The number of carbonyl (C=O) groups is 1. The summed E-state index contributed by atoms with van der Waals surface area (Å²) in [6.45, 7) is 8.47. The lowest BCUT2D eigenvalue weighted by Crippen LogP contribution is -2.22. The number of methoxy groups -OCH3 is 1. The Labute approximate surface area is 178 Å². The van der Waals surface area contributed by atoms with Gasteiger partial charge >= 0.3 is 5.97 Å². The van der Waals surface area contributed by atoms with Gasteiger partial charge in [0.2, 0.25) is 0 Å². The second kappa shape index (κ2) is 8.99. The lowest BCUT2D eigenvalue weighted by Gasteiger charge is -2.17. The van der Waals surface area contributed by atoms with E-state index in [-0.39, 0.29) is 5.97 Å². The summed E-state index contributed by atoms with van der Waals surface area (Å²) in [5.74, 6) is 0.466. The first-order valence-corrected chi connectivity index (χ1v) is 10.0. The van der Waals surface area contributed by atoms with Crippen LogP contribution in [0, 0.1) is 0 Å². The second-order valence-electron chi connectivity index (χ2n) is 7.95. The highest BCUT2D eigenvalue weighted by Gasteiger charge is 2.15. The number of imidazole rings is 1. The summed E-state index contributed by atoms with van der Waals surface area (Å²) >= 11 is 0. The van der Waals surface area contributed by atoms with Gasteiger partial charge in [-0.2, -0.15) is 0 Å². The second-order valence-corrected chi connectivity index (χ2v) is 7.95. The van der Waals surface area contributed by atoms with Crippen LogP contribution in [0.4, 0.5) is 0 Å². The van der Waals surface area contributed by atoms with Crippen molar-refractivity contribution in [3.05, 3.63) is 66.5 Å². The van der Waals surface area contributed by atoms with E-state index < -0.39 is 5.60 Å². The van der Waals surface area contributed by atoms with Gasteiger partial charge in [0.05, 0.1) is 24.8 Å². The summed E-state index contributed by atoms with van der Waals surface area (Å²) in [6, 6.07) is 16.0. The van der Waals surface area contributed by atoms with Crippen LogP contribution in [0.15, 0.2) is 60.9 Å². The van der Waals surface area contributed by atoms with Crippen LogP contribution in [0.1, 0.15) is 33.3 Å². The van der Waals surface area contributed by atoms with Crippen molar-refractivity contribution < 1.29 is 14.3 Å². The number of aryl methyl sites for hydroxylation is 1. The molecule has 0 fully saturated rings. The van der Waals surface area contributed by atoms with E-state index in [4.69, 9.17) is 9.47 Å². The molecule has 0 bridgehead atoms. The lowest BCUT2D eigenvalue weighted by molar-refractivity contribution is -0.148. The molecule has 0 aliphatic carbocycles. The first kappa shape index (κ1) is 21.4.